The average Bonchev–Trinajstić information content (AvgIpc) is 3.20. The van der Waals surface area contributed by atoms with E-state index in [2.05, 4.69) is 15.5 Å². The van der Waals surface area contributed by atoms with Gasteiger partial charge in [-0.1, -0.05) is 5.16 Å². The normalized spacial score (nSPS) is 13.6. The lowest BCUT2D eigenvalue weighted by Crippen LogP contribution is -2.12. The zero-order valence-corrected chi connectivity index (χ0v) is 13.8. The molecule has 1 N–H and O–H groups in total. The van der Waals surface area contributed by atoms with Crippen molar-refractivity contribution >= 4 is 11.6 Å². The highest BCUT2D eigenvalue weighted by atomic mass is 16.5. The Bertz CT molecular complexity index is 878. The lowest BCUT2D eigenvalue weighted by molar-refractivity contribution is 0.101. The van der Waals surface area contributed by atoms with E-state index in [4.69, 9.17) is 9.26 Å². The van der Waals surface area contributed by atoms with Gasteiger partial charge in [-0.05, 0) is 37.1 Å². The lowest BCUT2D eigenvalue weighted by Gasteiger charge is -2.07. The van der Waals surface area contributed by atoms with Crippen molar-refractivity contribution in [1.82, 2.24) is 14.7 Å². The first kappa shape index (κ1) is 15.4. The largest absolute Gasteiger partial charge is 0.486 e. The maximum atomic E-state index is 12.2. The van der Waals surface area contributed by atoms with Gasteiger partial charge in [-0.3, -0.25) is 4.79 Å². The summed E-state index contributed by atoms with van der Waals surface area (Å²) in [6.45, 7) is 0.387. The molecular formula is C18H18N4O3. The molecule has 2 heterocycles. The standard InChI is InChI=1S/C18H18N4O3/c1-22-9-8-19-17(22)11-24-14-6-4-13(5-7-14)20-18(23)15-10-16(25-21-15)12-2-3-12/h4-10,12H,2-3,11H2,1H3,(H,20,23). The van der Waals surface area contributed by atoms with E-state index in [0.717, 1.165) is 24.4 Å². The molecule has 0 radical (unpaired) electrons. The monoisotopic (exact) mass is 338 g/mol. The fraction of sp³-hybridized carbons (Fsp3) is 0.278. The van der Waals surface area contributed by atoms with E-state index < -0.39 is 0 Å². The predicted molar refractivity (Wildman–Crippen MR) is 90.4 cm³/mol. The average molecular weight is 338 g/mol. The number of benzene rings is 1. The summed E-state index contributed by atoms with van der Waals surface area (Å²) in [5.41, 5.74) is 0.974. The van der Waals surface area contributed by atoms with Crippen molar-refractivity contribution in [3.8, 4) is 5.75 Å². The molecule has 0 unspecified atom stereocenters. The highest BCUT2D eigenvalue weighted by Gasteiger charge is 2.28. The van der Waals surface area contributed by atoms with Gasteiger partial charge < -0.3 is 19.1 Å². The Hall–Kier alpha value is -3.09. The Morgan fingerprint density at radius 3 is 2.84 bits per heavy atom. The van der Waals surface area contributed by atoms with Gasteiger partial charge in [-0.25, -0.2) is 4.98 Å². The van der Waals surface area contributed by atoms with Crippen LogP contribution in [0, 0.1) is 0 Å². The first-order valence-electron chi connectivity index (χ1n) is 8.16. The molecule has 0 spiro atoms. The second-order valence-electron chi connectivity index (χ2n) is 6.11. The van der Waals surface area contributed by atoms with E-state index in [1.54, 1.807) is 36.5 Å². The number of hydrogen-bond donors (Lipinski definition) is 1. The number of carbonyl (C=O) groups excluding carboxylic acids is 1. The van der Waals surface area contributed by atoms with Crippen LogP contribution >= 0.6 is 0 Å². The SMILES string of the molecule is Cn1ccnc1COc1ccc(NC(=O)c2cc(C3CC3)on2)cc1. The number of amides is 1. The van der Waals surface area contributed by atoms with Crippen LogP contribution in [0.15, 0.2) is 47.2 Å². The van der Waals surface area contributed by atoms with Crippen molar-refractivity contribution in [1.29, 1.82) is 0 Å². The van der Waals surface area contributed by atoms with Gasteiger partial charge in [0, 0.05) is 37.1 Å². The quantitative estimate of drug-likeness (QED) is 0.747. The van der Waals surface area contributed by atoms with Crippen molar-refractivity contribution in [2.45, 2.75) is 25.4 Å². The molecule has 25 heavy (non-hydrogen) atoms. The number of hydrogen-bond acceptors (Lipinski definition) is 5. The smallest absolute Gasteiger partial charge is 0.277 e. The number of carbonyl (C=O) groups is 1. The molecule has 1 aliphatic rings. The molecule has 7 heteroatoms. The summed E-state index contributed by atoms with van der Waals surface area (Å²) < 4.78 is 12.8. The third-order valence-corrected chi connectivity index (χ3v) is 4.14. The number of rotatable bonds is 6. The van der Waals surface area contributed by atoms with Gasteiger partial charge in [0.2, 0.25) is 0 Å². The Labute approximate surface area is 144 Å². The number of imidazole rings is 1. The molecule has 7 nitrogen and oxygen atoms in total. The first-order valence-corrected chi connectivity index (χ1v) is 8.16. The zero-order chi connectivity index (χ0) is 17.2. The van der Waals surface area contributed by atoms with Gasteiger partial charge in [0.25, 0.3) is 5.91 Å². The van der Waals surface area contributed by atoms with Crippen LogP contribution in [-0.2, 0) is 13.7 Å². The number of nitrogens with zero attached hydrogens (tertiary/aromatic N) is 3. The summed E-state index contributed by atoms with van der Waals surface area (Å²) >= 11 is 0. The lowest BCUT2D eigenvalue weighted by atomic mass is 10.2. The van der Waals surface area contributed by atoms with E-state index >= 15 is 0 Å². The van der Waals surface area contributed by atoms with E-state index in [9.17, 15) is 4.79 Å². The molecule has 3 aromatic rings. The molecule has 1 aliphatic carbocycles. The summed E-state index contributed by atoms with van der Waals surface area (Å²) in [6.07, 6.45) is 5.82. The molecule has 0 bridgehead atoms. The van der Waals surface area contributed by atoms with E-state index in [1.165, 1.54) is 0 Å². The van der Waals surface area contributed by atoms with Gasteiger partial charge in [0.05, 0.1) is 0 Å². The van der Waals surface area contributed by atoms with Gasteiger partial charge in [-0.15, -0.1) is 0 Å². The van der Waals surface area contributed by atoms with Crippen LogP contribution < -0.4 is 10.1 Å². The van der Waals surface area contributed by atoms with Crippen molar-refractivity contribution in [3.05, 3.63) is 60.0 Å². The minimum atomic E-state index is -0.280. The number of nitrogens with one attached hydrogen (secondary N) is 1. The van der Waals surface area contributed by atoms with Crippen LogP contribution in [0.5, 0.6) is 5.75 Å². The maximum Gasteiger partial charge on any atom is 0.277 e. The molecular weight excluding hydrogens is 320 g/mol. The number of ether oxygens (including phenoxy) is 1. The number of aromatic nitrogens is 3. The molecule has 1 amide bonds. The zero-order valence-electron chi connectivity index (χ0n) is 13.8. The molecule has 0 saturated heterocycles. The topological polar surface area (TPSA) is 82.2 Å². The van der Waals surface area contributed by atoms with Crippen LogP contribution in [-0.4, -0.2) is 20.6 Å². The van der Waals surface area contributed by atoms with Gasteiger partial charge in [0.1, 0.15) is 23.9 Å². The Kier molecular flexibility index (Phi) is 3.97. The third kappa shape index (κ3) is 3.55. The Morgan fingerprint density at radius 2 is 2.16 bits per heavy atom. The van der Waals surface area contributed by atoms with E-state index in [0.29, 0.717) is 29.7 Å². The van der Waals surface area contributed by atoms with Gasteiger partial charge in [0.15, 0.2) is 5.69 Å². The van der Waals surface area contributed by atoms with Crippen LogP contribution in [0.1, 0.15) is 40.8 Å². The van der Waals surface area contributed by atoms with Gasteiger partial charge in [-0.2, -0.15) is 0 Å². The predicted octanol–water partition coefficient (Wildman–Crippen LogP) is 3.12. The van der Waals surface area contributed by atoms with Crippen LogP contribution in [0.4, 0.5) is 5.69 Å². The Morgan fingerprint density at radius 1 is 1.36 bits per heavy atom. The van der Waals surface area contributed by atoms with E-state index in [1.807, 2.05) is 17.8 Å². The number of anilines is 1. The Balaban J connectivity index is 1.34. The summed E-state index contributed by atoms with van der Waals surface area (Å²) in [6, 6.07) is 8.90. The minimum Gasteiger partial charge on any atom is -0.486 e. The molecule has 2 aromatic heterocycles. The van der Waals surface area contributed by atoms with Crippen molar-refractivity contribution < 1.29 is 14.1 Å². The minimum absolute atomic E-state index is 0.280. The molecule has 1 fully saturated rings. The number of aryl methyl sites for hydroxylation is 1. The van der Waals surface area contributed by atoms with E-state index in [-0.39, 0.29) is 5.91 Å². The first-order chi connectivity index (χ1) is 12.2. The highest BCUT2D eigenvalue weighted by Crippen LogP contribution is 2.40. The fourth-order valence-electron chi connectivity index (χ4n) is 2.47. The maximum absolute atomic E-state index is 12.2. The van der Waals surface area contributed by atoms with Crippen molar-refractivity contribution in [3.63, 3.8) is 0 Å². The van der Waals surface area contributed by atoms with Crippen LogP contribution in [0.2, 0.25) is 0 Å². The summed E-state index contributed by atoms with van der Waals surface area (Å²) in [4.78, 5) is 16.4. The third-order valence-electron chi connectivity index (χ3n) is 4.14. The van der Waals surface area contributed by atoms with Crippen LogP contribution in [0.25, 0.3) is 0 Å². The summed E-state index contributed by atoms with van der Waals surface area (Å²) in [5.74, 6) is 2.50. The highest BCUT2D eigenvalue weighted by molar-refractivity contribution is 6.02. The second-order valence-corrected chi connectivity index (χ2v) is 6.11. The fourth-order valence-corrected chi connectivity index (χ4v) is 2.47. The van der Waals surface area contributed by atoms with Crippen molar-refractivity contribution in [2.24, 2.45) is 7.05 Å². The molecule has 1 saturated carbocycles. The molecule has 0 atom stereocenters. The molecule has 128 valence electrons. The second kappa shape index (κ2) is 6.43. The molecule has 1 aromatic carbocycles. The van der Waals surface area contributed by atoms with Crippen LogP contribution in [0.3, 0.4) is 0 Å². The summed E-state index contributed by atoms with van der Waals surface area (Å²) in [5, 5.41) is 6.64. The molecule has 4 rings (SSSR count). The molecule has 0 aliphatic heterocycles. The van der Waals surface area contributed by atoms with Gasteiger partial charge >= 0.3 is 0 Å². The summed E-state index contributed by atoms with van der Waals surface area (Å²) in [7, 11) is 1.92. The van der Waals surface area contributed by atoms with Crippen molar-refractivity contribution in [2.75, 3.05) is 5.32 Å².